The Kier molecular flexibility index (Phi) is 4.41. The molecule has 0 saturated heterocycles. The van der Waals surface area contributed by atoms with E-state index in [-0.39, 0.29) is 5.41 Å². The molecule has 21 heavy (non-hydrogen) atoms. The molecule has 1 fully saturated rings. The van der Waals surface area contributed by atoms with Crippen molar-refractivity contribution in [3.8, 4) is 0 Å². The van der Waals surface area contributed by atoms with E-state index in [0.717, 1.165) is 6.54 Å². The van der Waals surface area contributed by atoms with E-state index in [1.54, 1.807) is 0 Å². The van der Waals surface area contributed by atoms with Crippen LogP contribution in [-0.2, 0) is 12.0 Å². The Morgan fingerprint density at radius 2 is 1.86 bits per heavy atom. The van der Waals surface area contributed by atoms with Gasteiger partial charge in [0, 0.05) is 16.8 Å². The first kappa shape index (κ1) is 14.7. The van der Waals surface area contributed by atoms with Crippen molar-refractivity contribution in [2.75, 3.05) is 7.05 Å². The third-order valence-corrected chi connectivity index (χ3v) is 6.03. The van der Waals surface area contributed by atoms with Crippen LogP contribution in [0.2, 0.25) is 0 Å². The number of nitrogens with one attached hydrogen (secondary N) is 1. The Morgan fingerprint density at radius 3 is 2.52 bits per heavy atom. The van der Waals surface area contributed by atoms with Crippen molar-refractivity contribution in [1.29, 1.82) is 0 Å². The van der Waals surface area contributed by atoms with E-state index in [1.165, 1.54) is 53.2 Å². The molecular weight excluding hydrogens is 276 g/mol. The third kappa shape index (κ3) is 2.77. The van der Waals surface area contributed by atoms with Gasteiger partial charge in [-0.15, -0.1) is 11.3 Å². The Hall–Kier alpha value is -1.19. The first-order valence-electron chi connectivity index (χ1n) is 7.93. The van der Waals surface area contributed by atoms with Crippen LogP contribution in [0.5, 0.6) is 0 Å². The van der Waals surface area contributed by atoms with Crippen LogP contribution >= 0.6 is 11.3 Å². The second kappa shape index (κ2) is 6.29. The van der Waals surface area contributed by atoms with Crippen LogP contribution in [-0.4, -0.2) is 12.0 Å². The number of rotatable bonds is 4. The molecule has 0 unspecified atom stereocenters. The number of thiazole rings is 1. The second-order valence-electron chi connectivity index (χ2n) is 6.07. The molecule has 0 radical (unpaired) electrons. The predicted molar refractivity (Wildman–Crippen MR) is 89.9 cm³/mol. The molecule has 0 aliphatic heterocycles. The summed E-state index contributed by atoms with van der Waals surface area (Å²) < 4.78 is 0. The average Bonchev–Trinajstić information content (AvgIpc) is 2.91. The van der Waals surface area contributed by atoms with Gasteiger partial charge in [-0.3, -0.25) is 0 Å². The van der Waals surface area contributed by atoms with E-state index in [1.807, 2.05) is 18.4 Å². The summed E-state index contributed by atoms with van der Waals surface area (Å²) in [6.45, 7) is 3.07. The maximum absolute atomic E-state index is 4.98. The highest BCUT2D eigenvalue weighted by Crippen LogP contribution is 2.46. The minimum atomic E-state index is 0.154. The highest BCUT2D eigenvalue weighted by atomic mass is 32.1. The van der Waals surface area contributed by atoms with Gasteiger partial charge in [-0.1, -0.05) is 49.6 Å². The summed E-state index contributed by atoms with van der Waals surface area (Å²) in [6, 6.07) is 11.0. The smallest absolute Gasteiger partial charge is 0.104 e. The van der Waals surface area contributed by atoms with Crippen molar-refractivity contribution in [3.05, 3.63) is 51.5 Å². The molecule has 1 aromatic carbocycles. The molecule has 2 nitrogen and oxygen atoms in total. The molecule has 3 heteroatoms. The van der Waals surface area contributed by atoms with Gasteiger partial charge < -0.3 is 5.32 Å². The van der Waals surface area contributed by atoms with Gasteiger partial charge in [0.1, 0.15) is 5.01 Å². The zero-order valence-corrected chi connectivity index (χ0v) is 13.8. The van der Waals surface area contributed by atoms with Crippen LogP contribution in [0.3, 0.4) is 0 Å². The van der Waals surface area contributed by atoms with Crippen LogP contribution < -0.4 is 5.32 Å². The van der Waals surface area contributed by atoms with E-state index in [9.17, 15) is 0 Å². The van der Waals surface area contributed by atoms with E-state index < -0.39 is 0 Å². The number of hydrogen-bond donors (Lipinski definition) is 1. The van der Waals surface area contributed by atoms with Gasteiger partial charge in [0.15, 0.2) is 0 Å². The first-order chi connectivity index (χ1) is 10.3. The molecule has 0 spiro atoms. The summed E-state index contributed by atoms with van der Waals surface area (Å²) in [7, 11) is 2.01. The SMILES string of the molecule is CNCc1sc(C2(c3ccccc3)CCCCC2)nc1C. The van der Waals surface area contributed by atoms with Gasteiger partial charge in [-0.05, 0) is 32.4 Å². The molecule has 1 N–H and O–H groups in total. The molecule has 0 atom stereocenters. The zero-order chi connectivity index (χ0) is 14.7. The topological polar surface area (TPSA) is 24.9 Å². The summed E-state index contributed by atoms with van der Waals surface area (Å²) in [5.74, 6) is 0. The summed E-state index contributed by atoms with van der Waals surface area (Å²) in [5.41, 5.74) is 2.81. The maximum Gasteiger partial charge on any atom is 0.104 e. The number of aryl methyl sites for hydroxylation is 1. The zero-order valence-electron chi connectivity index (χ0n) is 13.0. The lowest BCUT2D eigenvalue weighted by Crippen LogP contribution is -2.30. The molecule has 2 aromatic rings. The van der Waals surface area contributed by atoms with Crippen molar-refractivity contribution in [1.82, 2.24) is 10.3 Å². The van der Waals surface area contributed by atoms with Crippen LogP contribution in [0.4, 0.5) is 0 Å². The van der Waals surface area contributed by atoms with Gasteiger partial charge >= 0.3 is 0 Å². The Balaban J connectivity index is 2.05. The van der Waals surface area contributed by atoms with Crippen LogP contribution in [0.15, 0.2) is 30.3 Å². The minimum Gasteiger partial charge on any atom is -0.315 e. The molecule has 3 rings (SSSR count). The standard InChI is InChI=1S/C18H24N2S/c1-14-16(13-19-2)21-17(20-14)18(11-7-4-8-12-18)15-9-5-3-6-10-15/h3,5-6,9-10,19H,4,7-8,11-13H2,1-2H3. The molecule has 0 bridgehead atoms. The lowest BCUT2D eigenvalue weighted by molar-refractivity contribution is 0.344. The van der Waals surface area contributed by atoms with Crippen molar-refractivity contribution >= 4 is 11.3 Å². The summed E-state index contributed by atoms with van der Waals surface area (Å²) in [4.78, 5) is 6.36. The normalized spacial score (nSPS) is 17.8. The van der Waals surface area contributed by atoms with Crippen molar-refractivity contribution in [3.63, 3.8) is 0 Å². The third-order valence-electron chi connectivity index (χ3n) is 4.67. The molecule has 1 saturated carbocycles. The minimum absolute atomic E-state index is 0.154. The fourth-order valence-corrected chi connectivity index (χ4v) is 4.84. The van der Waals surface area contributed by atoms with Crippen molar-refractivity contribution in [2.24, 2.45) is 0 Å². The quantitative estimate of drug-likeness (QED) is 0.904. The Morgan fingerprint density at radius 1 is 1.14 bits per heavy atom. The van der Waals surface area contributed by atoms with E-state index in [0.29, 0.717) is 0 Å². The summed E-state index contributed by atoms with van der Waals surface area (Å²) >= 11 is 1.91. The molecule has 1 heterocycles. The number of aromatic nitrogens is 1. The van der Waals surface area contributed by atoms with Gasteiger partial charge in [0.25, 0.3) is 0 Å². The summed E-state index contributed by atoms with van der Waals surface area (Å²) in [5, 5.41) is 4.59. The van der Waals surface area contributed by atoms with Crippen LogP contribution in [0.1, 0.15) is 53.2 Å². The van der Waals surface area contributed by atoms with Gasteiger partial charge in [0.2, 0.25) is 0 Å². The fraction of sp³-hybridized carbons (Fsp3) is 0.500. The van der Waals surface area contributed by atoms with Crippen LogP contribution in [0, 0.1) is 6.92 Å². The molecule has 1 aliphatic rings. The second-order valence-corrected chi connectivity index (χ2v) is 7.15. The first-order valence-corrected chi connectivity index (χ1v) is 8.75. The lowest BCUT2D eigenvalue weighted by atomic mass is 9.70. The predicted octanol–water partition coefficient (Wildman–Crippen LogP) is 4.42. The molecule has 1 aromatic heterocycles. The molecule has 1 aliphatic carbocycles. The lowest BCUT2D eigenvalue weighted by Gasteiger charge is -2.36. The highest BCUT2D eigenvalue weighted by Gasteiger charge is 2.38. The number of hydrogen-bond acceptors (Lipinski definition) is 3. The van der Waals surface area contributed by atoms with E-state index in [2.05, 4.69) is 42.6 Å². The molecule has 0 amide bonds. The molecule has 112 valence electrons. The summed E-state index contributed by atoms with van der Waals surface area (Å²) in [6.07, 6.45) is 6.47. The van der Waals surface area contributed by atoms with Crippen molar-refractivity contribution < 1.29 is 0 Å². The van der Waals surface area contributed by atoms with Gasteiger partial charge in [-0.2, -0.15) is 0 Å². The van der Waals surface area contributed by atoms with E-state index >= 15 is 0 Å². The van der Waals surface area contributed by atoms with E-state index in [4.69, 9.17) is 4.98 Å². The highest BCUT2D eigenvalue weighted by molar-refractivity contribution is 7.12. The Bertz CT molecular complexity index is 583. The Labute approximate surface area is 131 Å². The van der Waals surface area contributed by atoms with Crippen molar-refractivity contribution in [2.45, 2.75) is 51.0 Å². The maximum atomic E-state index is 4.98. The largest absolute Gasteiger partial charge is 0.315 e. The monoisotopic (exact) mass is 300 g/mol. The fourth-order valence-electron chi connectivity index (χ4n) is 3.50. The van der Waals surface area contributed by atoms with Gasteiger partial charge in [0.05, 0.1) is 5.69 Å². The number of nitrogens with zero attached hydrogens (tertiary/aromatic N) is 1. The van der Waals surface area contributed by atoms with Gasteiger partial charge in [-0.25, -0.2) is 4.98 Å². The van der Waals surface area contributed by atoms with Crippen LogP contribution in [0.25, 0.3) is 0 Å². The number of benzene rings is 1. The average molecular weight is 300 g/mol. The molecular formula is C18H24N2S.